The Kier molecular flexibility index (Phi) is 5.98. The molecular formula is C17H24N2O4. The summed E-state index contributed by atoms with van der Waals surface area (Å²) in [6.45, 7) is 3.59. The van der Waals surface area contributed by atoms with Gasteiger partial charge in [-0.25, -0.2) is 0 Å². The Bertz CT molecular complexity index is 544. The van der Waals surface area contributed by atoms with Gasteiger partial charge in [0.15, 0.2) is 0 Å². The largest absolute Gasteiger partial charge is 0.497 e. The van der Waals surface area contributed by atoms with E-state index in [1.807, 2.05) is 29.2 Å². The van der Waals surface area contributed by atoms with Crippen LogP contribution in [0.1, 0.15) is 24.9 Å². The maximum absolute atomic E-state index is 12.5. The minimum absolute atomic E-state index is 0.0347. The van der Waals surface area contributed by atoms with Crippen molar-refractivity contribution in [1.82, 2.24) is 9.80 Å². The van der Waals surface area contributed by atoms with Crippen LogP contribution in [-0.4, -0.2) is 62.1 Å². The van der Waals surface area contributed by atoms with Gasteiger partial charge in [-0.3, -0.25) is 9.59 Å². The van der Waals surface area contributed by atoms with Crippen LogP contribution < -0.4 is 4.74 Å². The smallest absolute Gasteiger partial charge is 0.225 e. The highest BCUT2D eigenvalue weighted by Gasteiger charge is 2.32. The van der Waals surface area contributed by atoms with Crippen molar-refractivity contribution < 1.29 is 19.1 Å². The average molecular weight is 320 g/mol. The van der Waals surface area contributed by atoms with Crippen molar-refractivity contribution in [2.24, 2.45) is 0 Å². The number of hydrogen-bond acceptors (Lipinski definition) is 4. The molecule has 1 unspecified atom stereocenters. The van der Waals surface area contributed by atoms with Crippen LogP contribution in [0.2, 0.25) is 0 Å². The fourth-order valence-electron chi connectivity index (χ4n) is 2.81. The summed E-state index contributed by atoms with van der Waals surface area (Å²) < 4.78 is 10.2. The molecule has 0 aromatic heterocycles. The zero-order valence-electron chi connectivity index (χ0n) is 13.9. The van der Waals surface area contributed by atoms with E-state index in [1.165, 1.54) is 0 Å². The lowest BCUT2D eigenvalue weighted by Gasteiger charge is -2.41. The van der Waals surface area contributed by atoms with Gasteiger partial charge in [-0.15, -0.1) is 0 Å². The third-order valence-corrected chi connectivity index (χ3v) is 4.17. The lowest BCUT2D eigenvalue weighted by atomic mass is 10.0. The van der Waals surface area contributed by atoms with E-state index < -0.39 is 0 Å². The van der Waals surface area contributed by atoms with E-state index in [-0.39, 0.29) is 17.9 Å². The predicted molar refractivity (Wildman–Crippen MR) is 86.2 cm³/mol. The Balaban J connectivity index is 2.21. The maximum Gasteiger partial charge on any atom is 0.225 e. The topological polar surface area (TPSA) is 59.1 Å². The van der Waals surface area contributed by atoms with Crippen LogP contribution in [0.15, 0.2) is 24.3 Å². The Morgan fingerprint density at radius 3 is 2.43 bits per heavy atom. The summed E-state index contributed by atoms with van der Waals surface area (Å²) in [5.74, 6) is 0.855. The fourth-order valence-corrected chi connectivity index (χ4v) is 2.81. The minimum atomic E-state index is -0.136. The van der Waals surface area contributed by atoms with Crippen molar-refractivity contribution in [3.63, 3.8) is 0 Å². The van der Waals surface area contributed by atoms with Crippen LogP contribution in [0.5, 0.6) is 5.75 Å². The zero-order chi connectivity index (χ0) is 16.8. The van der Waals surface area contributed by atoms with Gasteiger partial charge in [0.2, 0.25) is 11.8 Å². The standard InChI is InChI=1S/C17H24N2O4/c1-13(20)18-9-10-19(17(21)8-11-22-2)16(12-18)14-4-6-15(23-3)7-5-14/h4-7,16H,8-12H2,1-3H3. The molecule has 1 aromatic rings. The average Bonchev–Trinajstić information content (AvgIpc) is 2.59. The van der Waals surface area contributed by atoms with E-state index in [0.717, 1.165) is 11.3 Å². The van der Waals surface area contributed by atoms with Crippen LogP contribution in [0.25, 0.3) is 0 Å². The van der Waals surface area contributed by atoms with Crippen molar-refractivity contribution in [1.29, 1.82) is 0 Å². The number of nitrogens with zero attached hydrogens (tertiary/aromatic N) is 2. The number of hydrogen-bond donors (Lipinski definition) is 0. The Morgan fingerprint density at radius 2 is 1.87 bits per heavy atom. The highest BCUT2D eigenvalue weighted by atomic mass is 16.5. The summed E-state index contributed by atoms with van der Waals surface area (Å²) in [6.07, 6.45) is 0.350. The van der Waals surface area contributed by atoms with Gasteiger partial charge in [0, 0.05) is 33.7 Å². The van der Waals surface area contributed by atoms with Gasteiger partial charge in [-0.05, 0) is 17.7 Å². The molecule has 1 saturated heterocycles. The Labute approximate surface area is 137 Å². The molecule has 1 fully saturated rings. The number of carbonyl (C=O) groups is 2. The van der Waals surface area contributed by atoms with Crippen LogP contribution in [0.4, 0.5) is 0 Å². The number of rotatable bonds is 5. The highest BCUT2D eigenvalue weighted by Crippen LogP contribution is 2.27. The molecular weight excluding hydrogens is 296 g/mol. The SMILES string of the molecule is COCCC(=O)N1CCN(C(C)=O)CC1c1ccc(OC)cc1. The predicted octanol–water partition coefficient (Wildman–Crippen LogP) is 1.46. The van der Waals surface area contributed by atoms with Gasteiger partial charge in [-0.1, -0.05) is 12.1 Å². The molecule has 0 radical (unpaired) electrons. The number of carbonyl (C=O) groups excluding carboxylic acids is 2. The molecule has 6 heteroatoms. The monoisotopic (exact) mass is 320 g/mol. The van der Waals surface area contributed by atoms with Gasteiger partial charge >= 0.3 is 0 Å². The lowest BCUT2D eigenvalue weighted by Crippen LogP contribution is -2.52. The molecule has 6 nitrogen and oxygen atoms in total. The van der Waals surface area contributed by atoms with E-state index in [2.05, 4.69) is 0 Å². The summed E-state index contributed by atoms with van der Waals surface area (Å²) >= 11 is 0. The van der Waals surface area contributed by atoms with Gasteiger partial charge in [0.1, 0.15) is 5.75 Å². The molecule has 0 spiro atoms. The van der Waals surface area contributed by atoms with Crippen molar-refractivity contribution in [2.45, 2.75) is 19.4 Å². The van der Waals surface area contributed by atoms with Crippen LogP contribution in [-0.2, 0) is 14.3 Å². The summed E-state index contributed by atoms with van der Waals surface area (Å²) in [5, 5.41) is 0. The normalized spacial score (nSPS) is 18.0. The first kappa shape index (κ1) is 17.3. The number of amides is 2. The molecule has 0 aliphatic carbocycles. The van der Waals surface area contributed by atoms with Gasteiger partial charge < -0.3 is 19.3 Å². The molecule has 0 bridgehead atoms. The van der Waals surface area contributed by atoms with E-state index in [4.69, 9.17) is 9.47 Å². The molecule has 0 saturated carbocycles. The second-order valence-corrected chi connectivity index (χ2v) is 5.58. The molecule has 23 heavy (non-hydrogen) atoms. The highest BCUT2D eigenvalue weighted by molar-refractivity contribution is 5.78. The first-order chi connectivity index (χ1) is 11.1. The molecule has 1 heterocycles. The molecule has 1 aliphatic rings. The van der Waals surface area contributed by atoms with Crippen LogP contribution in [0.3, 0.4) is 0 Å². The molecule has 126 valence electrons. The Morgan fingerprint density at radius 1 is 1.17 bits per heavy atom. The summed E-state index contributed by atoms with van der Waals surface area (Å²) in [7, 11) is 3.20. The minimum Gasteiger partial charge on any atom is -0.497 e. The Hall–Kier alpha value is -2.08. The number of methoxy groups -OCH3 is 2. The molecule has 1 aliphatic heterocycles. The summed E-state index contributed by atoms with van der Waals surface area (Å²) in [5.41, 5.74) is 1.00. The third-order valence-electron chi connectivity index (χ3n) is 4.17. The molecule has 2 amide bonds. The van der Waals surface area contributed by atoms with E-state index in [1.54, 1.807) is 26.0 Å². The second kappa shape index (κ2) is 7.97. The zero-order valence-corrected chi connectivity index (χ0v) is 13.9. The van der Waals surface area contributed by atoms with Gasteiger partial charge in [0.25, 0.3) is 0 Å². The van der Waals surface area contributed by atoms with E-state index in [0.29, 0.717) is 32.7 Å². The van der Waals surface area contributed by atoms with E-state index >= 15 is 0 Å². The maximum atomic E-state index is 12.5. The number of ether oxygens (including phenoxy) is 2. The molecule has 0 N–H and O–H groups in total. The van der Waals surface area contributed by atoms with Crippen molar-refractivity contribution in [2.75, 3.05) is 40.5 Å². The van der Waals surface area contributed by atoms with Gasteiger partial charge in [-0.2, -0.15) is 0 Å². The third kappa shape index (κ3) is 4.22. The second-order valence-electron chi connectivity index (χ2n) is 5.58. The van der Waals surface area contributed by atoms with Crippen LogP contribution in [0, 0.1) is 0 Å². The molecule has 2 rings (SSSR count). The van der Waals surface area contributed by atoms with Crippen molar-refractivity contribution in [3.05, 3.63) is 29.8 Å². The lowest BCUT2D eigenvalue weighted by molar-refractivity contribution is -0.142. The fraction of sp³-hybridized carbons (Fsp3) is 0.529. The van der Waals surface area contributed by atoms with Crippen LogP contribution >= 0.6 is 0 Å². The molecule has 1 atom stereocenters. The molecule has 1 aromatic carbocycles. The van der Waals surface area contributed by atoms with Crippen molar-refractivity contribution in [3.8, 4) is 5.75 Å². The first-order valence-corrected chi connectivity index (χ1v) is 7.74. The number of piperazine rings is 1. The number of benzene rings is 1. The van der Waals surface area contributed by atoms with E-state index in [9.17, 15) is 9.59 Å². The van der Waals surface area contributed by atoms with Gasteiger partial charge in [0.05, 0.1) is 26.2 Å². The quantitative estimate of drug-likeness (QED) is 0.824. The summed E-state index contributed by atoms with van der Waals surface area (Å²) in [4.78, 5) is 27.8. The van der Waals surface area contributed by atoms with Crippen molar-refractivity contribution >= 4 is 11.8 Å². The summed E-state index contributed by atoms with van der Waals surface area (Å²) in [6, 6.07) is 7.51. The first-order valence-electron chi connectivity index (χ1n) is 7.74.